The highest BCUT2D eigenvalue weighted by Crippen LogP contribution is 2.41. The van der Waals surface area contributed by atoms with Crippen LogP contribution in [-0.4, -0.2) is 103 Å². The number of amides is 4. The van der Waals surface area contributed by atoms with Crippen LogP contribution >= 0.6 is 0 Å². The van der Waals surface area contributed by atoms with E-state index in [9.17, 15) is 40.8 Å². The number of sulfonamides is 1. The van der Waals surface area contributed by atoms with Crippen LogP contribution in [0, 0.1) is 5.82 Å². The molecular formula is C49H51F3N12O7S. The van der Waals surface area contributed by atoms with Crippen molar-refractivity contribution < 1.29 is 45.5 Å². The lowest BCUT2D eigenvalue weighted by molar-refractivity contribution is -0.136. The fraction of sp³-hybridized carbons (Fsp3) is 0.367. The van der Waals surface area contributed by atoms with E-state index in [-0.39, 0.29) is 59.3 Å². The van der Waals surface area contributed by atoms with Crippen molar-refractivity contribution in [3.05, 3.63) is 102 Å². The number of imide groups is 2. The zero-order valence-corrected chi connectivity index (χ0v) is 40.0. The van der Waals surface area contributed by atoms with Crippen LogP contribution in [0.25, 0.3) is 33.3 Å². The van der Waals surface area contributed by atoms with Gasteiger partial charge in [-0.05, 0) is 93.8 Å². The van der Waals surface area contributed by atoms with E-state index in [4.69, 9.17) is 20.7 Å². The zero-order chi connectivity index (χ0) is 50.6. The molecule has 3 aliphatic heterocycles. The van der Waals surface area contributed by atoms with Crippen molar-refractivity contribution in [2.45, 2.75) is 94.3 Å². The third-order valence-corrected chi connectivity index (χ3v) is 14.9. The molecule has 3 fully saturated rings. The van der Waals surface area contributed by atoms with E-state index < -0.39 is 57.4 Å². The largest absolute Gasteiger partial charge is 0.484 e. The molecule has 72 heavy (non-hydrogen) atoms. The number of pyridine rings is 1. The number of carbonyl (C=O) groups is 4. The lowest BCUT2D eigenvalue weighted by Gasteiger charge is -2.38. The van der Waals surface area contributed by atoms with Gasteiger partial charge in [-0.25, -0.2) is 22.8 Å². The number of aryl methyl sites for hydroxylation is 1. The molecule has 1 unspecified atom stereocenters. The van der Waals surface area contributed by atoms with Crippen molar-refractivity contribution in [1.82, 2.24) is 45.2 Å². The Morgan fingerprint density at radius 2 is 1.60 bits per heavy atom. The molecule has 2 atom stereocenters. The second-order valence-corrected chi connectivity index (χ2v) is 20.3. The first-order chi connectivity index (χ1) is 34.5. The van der Waals surface area contributed by atoms with Gasteiger partial charge in [0.1, 0.15) is 35.2 Å². The normalized spacial score (nSPS) is 20.5. The van der Waals surface area contributed by atoms with Gasteiger partial charge in [0.05, 0.1) is 40.0 Å². The molecule has 4 aliphatic rings. The van der Waals surface area contributed by atoms with Crippen LogP contribution in [-0.2, 0) is 26.7 Å². The predicted octanol–water partition coefficient (Wildman–Crippen LogP) is 6.29. The van der Waals surface area contributed by atoms with Gasteiger partial charge < -0.3 is 15.8 Å². The van der Waals surface area contributed by atoms with Crippen molar-refractivity contribution in [1.29, 1.82) is 0 Å². The number of nitrogen functional groups attached to an aromatic ring is 1. The molecule has 0 spiro atoms. The van der Waals surface area contributed by atoms with Gasteiger partial charge in [-0.15, -0.1) is 0 Å². The van der Waals surface area contributed by atoms with Crippen molar-refractivity contribution in [2.75, 3.05) is 28.9 Å². The van der Waals surface area contributed by atoms with E-state index in [0.717, 1.165) is 62.1 Å². The summed E-state index contributed by atoms with van der Waals surface area (Å²) in [7, 11) is -3.32. The molecular weight excluding hydrogens is 958 g/mol. The number of carbonyl (C=O) groups excluding carboxylic acids is 4. The van der Waals surface area contributed by atoms with Gasteiger partial charge in [0.2, 0.25) is 11.8 Å². The molecule has 3 aromatic carbocycles. The SMILES string of the molecule is C[C@H](Oc1cc(-c2nn(C)c3c(-c4cnn(C5CCN(NC6CCC(Nc7cccc8c7C(=O)N(C7CCC(=O)NC7=O)C8=O)CC6)CC5)c4)cnc(N)c23)ccc1NS(=O)(=O)C(F)F)c1ccc(F)cc1. The molecule has 376 valence electrons. The third kappa shape index (κ3) is 9.34. The van der Waals surface area contributed by atoms with Crippen molar-refractivity contribution >= 4 is 61.7 Å². The maximum absolute atomic E-state index is 13.7. The number of hydrogen-bond donors (Lipinski definition) is 5. The van der Waals surface area contributed by atoms with E-state index in [0.29, 0.717) is 39.0 Å². The first-order valence-electron chi connectivity index (χ1n) is 23.7. The smallest absolute Gasteiger partial charge is 0.355 e. The Morgan fingerprint density at radius 3 is 2.32 bits per heavy atom. The monoisotopic (exact) mass is 1010 g/mol. The number of nitrogens with two attached hydrogens (primary N) is 1. The molecule has 19 nitrogen and oxygen atoms in total. The van der Waals surface area contributed by atoms with Gasteiger partial charge in [0.15, 0.2) is 0 Å². The van der Waals surface area contributed by atoms with Crippen molar-refractivity contribution in [2.24, 2.45) is 7.05 Å². The fourth-order valence-electron chi connectivity index (χ4n) is 10.2. The number of halogens is 3. The van der Waals surface area contributed by atoms with Gasteiger partial charge in [0.25, 0.3) is 21.8 Å². The minimum absolute atomic E-state index is 0.0544. The predicted molar refractivity (Wildman–Crippen MR) is 259 cm³/mol. The van der Waals surface area contributed by atoms with Crippen molar-refractivity contribution in [3.8, 4) is 28.1 Å². The van der Waals surface area contributed by atoms with E-state index in [1.165, 1.54) is 42.5 Å². The number of hydrazine groups is 1. The maximum atomic E-state index is 13.7. The van der Waals surface area contributed by atoms with E-state index in [2.05, 4.69) is 26.1 Å². The summed E-state index contributed by atoms with van der Waals surface area (Å²) in [5.74, 6) is -6.20. The van der Waals surface area contributed by atoms with Gasteiger partial charge in [0, 0.05) is 73.4 Å². The highest BCUT2D eigenvalue weighted by atomic mass is 32.2. The highest BCUT2D eigenvalue weighted by molar-refractivity contribution is 7.93. The summed E-state index contributed by atoms with van der Waals surface area (Å²) in [4.78, 5) is 56.8. The Hall–Kier alpha value is -7.37. The molecule has 0 bridgehead atoms. The summed E-state index contributed by atoms with van der Waals surface area (Å²) < 4.78 is 76.9. The quantitative estimate of drug-likeness (QED) is 0.0754. The molecule has 1 aliphatic carbocycles. The van der Waals surface area contributed by atoms with Gasteiger partial charge in [-0.2, -0.15) is 19.0 Å². The number of piperidine rings is 2. The summed E-state index contributed by atoms with van der Waals surface area (Å²) in [6, 6.07) is 14.3. The average molecular weight is 1010 g/mol. The summed E-state index contributed by atoms with van der Waals surface area (Å²) in [6.45, 7) is 3.24. The minimum atomic E-state index is -5.07. The highest BCUT2D eigenvalue weighted by Gasteiger charge is 2.46. The van der Waals surface area contributed by atoms with Gasteiger partial charge >= 0.3 is 5.76 Å². The molecule has 4 amide bonds. The molecule has 1 saturated carbocycles. The second-order valence-electron chi connectivity index (χ2n) is 18.6. The molecule has 2 saturated heterocycles. The van der Waals surface area contributed by atoms with Crippen LogP contribution in [0.15, 0.2) is 79.3 Å². The Labute approximate surface area is 411 Å². The second kappa shape index (κ2) is 19.3. The number of ether oxygens (including phenoxy) is 1. The van der Waals surface area contributed by atoms with Crippen LogP contribution in [0.5, 0.6) is 5.75 Å². The van der Waals surface area contributed by atoms with Crippen LogP contribution in [0.4, 0.5) is 30.4 Å². The molecule has 0 radical (unpaired) electrons. The maximum Gasteiger partial charge on any atom is 0.355 e. The Bertz CT molecular complexity index is 3220. The Kier molecular flexibility index (Phi) is 13.0. The van der Waals surface area contributed by atoms with E-state index in [1.54, 1.807) is 49.2 Å². The van der Waals surface area contributed by atoms with Gasteiger partial charge in [-0.1, -0.05) is 24.3 Å². The minimum Gasteiger partial charge on any atom is -0.484 e. The van der Waals surface area contributed by atoms with E-state index >= 15 is 0 Å². The number of nitrogens with one attached hydrogen (secondary N) is 4. The Morgan fingerprint density at radius 1 is 0.861 bits per heavy atom. The number of aromatic nitrogens is 5. The standard InChI is InChI=1S/C49H51F3N12O7S/c1-26(27-6-9-30(50)10-7-27)71-39-22-28(8-15-36(39)60-72(69,70)49(51)52)43-42-44(61(2)59-43)35(24-54-45(42)53)29-23-55-63(25-29)33-18-20-62(21-19-33)58-32-13-11-31(12-14-32)56-37-5-3-4-34-41(37)48(68)64(47(34)67)38-16-17-40(65)57-46(38)66/h3-10,15,22-26,31-33,38,49,56,58,60H,11-14,16-21H2,1-2H3,(H2,53,54)(H,57,65,66)/t26-,31?,32?,38?/m0/s1. The van der Waals surface area contributed by atoms with Crippen molar-refractivity contribution in [3.63, 3.8) is 0 Å². The zero-order valence-electron chi connectivity index (χ0n) is 39.1. The molecule has 6 aromatic rings. The van der Waals surface area contributed by atoms with E-state index in [1.807, 2.05) is 15.6 Å². The number of anilines is 3. The lowest BCUT2D eigenvalue weighted by atomic mass is 9.91. The van der Waals surface area contributed by atoms with Crippen LogP contribution in [0.2, 0.25) is 0 Å². The fourth-order valence-corrected chi connectivity index (χ4v) is 10.8. The summed E-state index contributed by atoms with van der Waals surface area (Å²) in [5, 5.41) is 18.1. The number of hydrogen-bond acceptors (Lipinski definition) is 14. The first kappa shape index (κ1) is 48.3. The molecule has 6 heterocycles. The third-order valence-electron chi connectivity index (χ3n) is 13.9. The first-order valence-corrected chi connectivity index (χ1v) is 25.2. The average Bonchev–Trinajstić information content (AvgIpc) is 4.06. The summed E-state index contributed by atoms with van der Waals surface area (Å²) >= 11 is 0. The molecule has 23 heteroatoms. The summed E-state index contributed by atoms with van der Waals surface area (Å²) in [5.41, 5.74) is 14.6. The number of rotatable bonds is 14. The Balaban J connectivity index is 0.779. The van der Waals surface area contributed by atoms with Crippen LogP contribution in [0.1, 0.15) is 96.7 Å². The number of alkyl halides is 2. The lowest BCUT2D eigenvalue weighted by Crippen LogP contribution is -2.54. The molecule has 10 rings (SSSR count). The number of fused-ring (bicyclic) bond motifs is 2. The van der Waals surface area contributed by atoms with Gasteiger partial charge in [-0.3, -0.25) is 48.9 Å². The number of nitrogens with zero attached hydrogens (tertiary/aromatic N) is 7. The molecule has 6 N–H and O–H groups in total. The van der Waals surface area contributed by atoms with Crippen LogP contribution < -0.4 is 31.3 Å². The van der Waals surface area contributed by atoms with Crippen LogP contribution in [0.3, 0.4) is 0 Å². The topological polar surface area (TPSA) is 241 Å². The number of benzene rings is 3. The summed E-state index contributed by atoms with van der Waals surface area (Å²) in [6.07, 6.45) is 9.95. The molecule has 3 aromatic heterocycles.